The van der Waals surface area contributed by atoms with Gasteiger partial charge >= 0.3 is 0 Å². The highest BCUT2D eigenvalue weighted by molar-refractivity contribution is 6.75. The average molecular weight is 894 g/mol. The number of rotatable bonds is 18. The van der Waals surface area contributed by atoms with Crippen LogP contribution in [0.3, 0.4) is 0 Å². The van der Waals surface area contributed by atoms with Crippen LogP contribution in [0.2, 0.25) is 74.0 Å². The Balaban J connectivity index is 1.89. The van der Waals surface area contributed by atoms with E-state index in [9.17, 15) is 0 Å². The lowest BCUT2D eigenvalue weighted by molar-refractivity contribution is -0.102. The third-order valence-electron chi connectivity index (χ3n) is 16.3. The van der Waals surface area contributed by atoms with Crippen molar-refractivity contribution in [2.24, 2.45) is 23.2 Å². The maximum Gasteiger partial charge on any atom is 0.192 e. The first-order valence-corrected chi connectivity index (χ1v) is 36.4. The Morgan fingerprint density at radius 2 is 1.22 bits per heavy atom. The van der Waals surface area contributed by atoms with Gasteiger partial charge in [-0.15, -0.1) is 0 Å². The molecule has 0 bridgehead atoms. The van der Waals surface area contributed by atoms with Crippen molar-refractivity contribution in [1.29, 1.82) is 0 Å². The van der Waals surface area contributed by atoms with Crippen LogP contribution in [0.25, 0.3) is 0 Å². The zero-order valence-corrected chi connectivity index (χ0v) is 47.4. The molecular weight excluding hydrogens is 793 g/mol. The molecule has 5 nitrogen and oxygen atoms in total. The van der Waals surface area contributed by atoms with Crippen molar-refractivity contribution < 1.29 is 22.4 Å². The van der Waals surface area contributed by atoms with E-state index in [4.69, 9.17) is 22.4 Å². The molecule has 0 radical (unpaired) electrons. The first-order valence-electron chi connectivity index (χ1n) is 24.2. The van der Waals surface area contributed by atoms with E-state index in [0.29, 0.717) is 17.9 Å². The molecule has 0 aromatic rings. The third kappa shape index (κ3) is 14.6. The molecule has 9 heteroatoms. The molecule has 0 amide bonds. The molecule has 346 valence electrons. The molecule has 59 heavy (non-hydrogen) atoms. The molecular formula is C50H100O5Si4. The van der Waals surface area contributed by atoms with Gasteiger partial charge in [-0.1, -0.05) is 112 Å². The highest BCUT2D eigenvalue weighted by Crippen LogP contribution is 2.60. The Kier molecular flexibility index (Phi) is 17.9. The Morgan fingerprint density at radius 1 is 0.695 bits per heavy atom. The van der Waals surface area contributed by atoms with Gasteiger partial charge in [0.15, 0.2) is 33.3 Å². The van der Waals surface area contributed by atoms with Crippen molar-refractivity contribution in [2.75, 3.05) is 13.2 Å². The molecule has 3 saturated carbocycles. The molecule has 6 atom stereocenters. The highest BCUT2D eigenvalue weighted by Gasteiger charge is 2.51. The van der Waals surface area contributed by atoms with Crippen LogP contribution in [0.4, 0.5) is 0 Å². The van der Waals surface area contributed by atoms with Crippen LogP contribution in [0, 0.1) is 23.2 Å². The lowest BCUT2D eigenvalue weighted by atomic mass is 9.60. The topological polar surface area (TPSA) is 46.2 Å². The lowest BCUT2D eigenvalue weighted by Gasteiger charge is -2.48. The fourth-order valence-electron chi connectivity index (χ4n) is 9.94. The van der Waals surface area contributed by atoms with Gasteiger partial charge in [0.1, 0.15) is 6.10 Å². The van der Waals surface area contributed by atoms with Crippen LogP contribution >= 0.6 is 0 Å². The maximum atomic E-state index is 7.42. The van der Waals surface area contributed by atoms with Gasteiger partial charge in [0.25, 0.3) is 0 Å². The van der Waals surface area contributed by atoms with Crippen LogP contribution in [-0.4, -0.2) is 70.4 Å². The molecule has 0 aromatic heterocycles. The second-order valence-electron chi connectivity index (χ2n) is 26.0. The molecule has 3 fully saturated rings. The predicted octanol–water partition coefficient (Wildman–Crippen LogP) is 15.9. The zero-order valence-electron chi connectivity index (χ0n) is 43.4. The monoisotopic (exact) mass is 893 g/mol. The minimum Gasteiger partial charge on any atom is -0.417 e. The minimum atomic E-state index is -2.11. The summed E-state index contributed by atoms with van der Waals surface area (Å²) in [7, 11) is -7.59. The van der Waals surface area contributed by atoms with E-state index in [-0.39, 0.29) is 39.0 Å². The summed E-state index contributed by atoms with van der Waals surface area (Å²) >= 11 is 0. The van der Waals surface area contributed by atoms with Gasteiger partial charge in [0.05, 0.1) is 17.8 Å². The first kappa shape index (κ1) is 53.5. The largest absolute Gasteiger partial charge is 0.417 e. The molecule has 0 heterocycles. The summed E-state index contributed by atoms with van der Waals surface area (Å²) in [6, 6.07) is 0. The molecule has 3 rings (SSSR count). The molecule has 0 aromatic carbocycles. The van der Waals surface area contributed by atoms with Crippen molar-refractivity contribution in [3.05, 3.63) is 23.3 Å². The van der Waals surface area contributed by atoms with E-state index in [1.165, 1.54) is 50.5 Å². The summed E-state index contributed by atoms with van der Waals surface area (Å²) in [6.07, 6.45) is 18.1. The standard InChI is InChI=1S/C50H100O5Si4/c1-38(26-23-32-49(11,12)55-56(14,15)16)41-30-31-42-40(27-24-33-50(41,42)13)29-28-39-36-43(53-58(19,20)47(5,6)7)45(44(37-39)54-59(21,22)48(8,9)10)51-34-25-35-52-57(17,18)46(2,3)4/h28-29,38,41-45H,23-27,30-37H2,1-22H3/b39-28?,40-29+/t38-,41-,42+,43-,44-,45?,50-/m1/s1. The highest BCUT2D eigenvalue weighted by atomic mass is 28.4. The van der Waals surface area contributed by atoms with Crippen LogP contribution in [0.1, 0.15) is 161 Å². The van der Waals surface area contributed by atoms with Crippen LogP contribution in [0.5, 0.6) is 0 Å². The summed E-state index contributed by atoms with van der Waals surface area (Å²) in [5.41, 5.74) is 3.56. The van der Waals surface area contributed by atoms with Crippen LogP contribution < -0.4 is 0 Å². The van der Waals surface area contributed by atoms with Crippen LogP contribution in [0.15, 0.2) is 23.3 Å². The summed E-state index contributed by atoms with van der Waals surface area (Å²) in [5.74, 6) is 2.24. The Morgan fingerprint density at radius 3 is 1.71 bits per heavy atom. The number of ether oxygens (including phenoxy) is 1. The number of hydrogen-bond donors (Lipinski definition) is 0. The van der Waals surface area contributed by atoms with Gasteiger partial charge < -0.3 is 22.4 Å². The van der Waals surface area contributed by atoms with E-state index < -0.39 is 33.3 Å². The average Bonchev–Trinajstić information content (AvgIpc) is 3.39. The normalized spacial score (nSPS) is 28.3. The van der Waals surface area contributed by atoms with E-state index in [2.05, 4.69) is 161 Å². The molecule has 0 N–H and O–H groups in total. The molecule has 3 aliphatic carbocycles. The van der Waals surface area contributed by atoms with Gasteiger partial charge in [0, 0.05) is 13.2 Å². The zero-order chi connectivity index (χ0) is 45.3. The van der Waals surface area contributed by atoms with Crippen molar-refractivity contribution in [1.82, 2.24) is 0 Å². The van der Waals surface area contributed by atoms with Crippen molar-refractivity contribution >= 4 is 33.3 Å². The maximum absolute atomic E-state index is 7.42. The van der Waals surface area contributed by atoms with Gasteiger partial charge in [-0.3, -0.25) is 0 Å². The second kappa shape index (κ2) is 19.7. The SMILES string of the molecule is C[C@H](CCCC(C)(C)O[Si](C)(C)C)[C@H]1CC[C@H]2/C(=C/C=C3C[C@@H](O[Si](C)(C)C(C)(C)C)C(OCCCO[Si](C)(C)C(C)(C)C)[C@H](O[Si](C)(C)C(C)(C)C)C3)CCC[C@]12C. The first-order chi connectivity index (χ1) is 26.5. The fourth-order valence-corrected chi connectivity index (χ4v) is 15.4. The van der Waals surface area contributed by atoms with Crippen LogP contribution in [-0.2, 0) is 22.4 Å². The lowest BCUT2D eigenvalue weighted by Crippen LogP contribution is -2.56. The van der Waals surface area contributed by atoms with E-state index >= 15 is 0 Å². The number of allylic oxidation sites excluding steroid dienone is 3. The Labute approximate surface area is 372 Å². The second-order valence-corrected chi connectivity index (χ2v) is 44.8. The smallest absolute Gasteiger partial charge is 0.192 e. The molecule has 0 unspecified atom stereocenters. The van der Waals surface area contributed by atoms with Gasteiger partial charge in [-0.25, -0.2) is 0 Å². The van der Waals surface area contributed by atoms with Gasteiger partial charge in [0.2, 0.25) is 0 Å². The third-order valence-corrected chi connectivity index (χ3v) is 31.0. The fraction of sp³-hybridized carbons (Fsp3) is 0.920. The molecule has 0 aliphatic heterocycles. The van der Waals surface area contributed by atoms with Crippen molar-refractivity contribution in [2.45, 2.75) is 259 Å². The minimum absolute atomic E-state index is 0.0190. The predicted molar refractivity (Wildman–Crippen MR) is 267 cm³/mol. The molecule has 3 aliphatic rings. The van der Waals surface area contributed by atoms with E-state index in [1.807, 2.05) is 0 Å². The number of fused-ring (bicyclic) bond motifs is 1. The van der Waals surface area contributed by atoms with E-state index in [0.717, 1.165) is 44.1 Å². The molecule has 0 saturated heterocycles. The van der Waals surface area contributed by atoms with E-state index in [1.54, 1.807) is 5.57 Å². The summed E-state index contributed by atoms with van der Waals surface area (Å²) in [5, 5.41) is 0.413. The quantitative estimate of drug-likeness (QED) is 0.101. The Bertz CT molecular complexity index is 1370. The summed E-state index contributed by atoms with van der Waals surface area (Å²) in [4.78, 5) is 0. The van der Waals surface area contributed by atoms with Gasteiger partial charge in [-0.05, 0) is 169 Å². The molecule has 0 spiro atoms. The van der Waals surface area contributed by atoms with Gasteiger partial charge in [-0.2, -0.15) is 0 Å². The van der Waals surface area contributed by atoms with Crippen molar-refractivity contribution in [3.63, 3.8) is 0 Å². The summed E-state index contributed by atoms with van der Waals surface area (Å²) < 4.78 is 35.0. The number of hydrogen-bond acceptors (Lipinski definition) is 5. The van der Waals surface area contributed by atoms with Crippen molar-refractivity contribution in [3.8, 4) is 0 Å². The Hall–Kier alpha value is 0.148. The summed E-state index contributed by atoms with van der Waals surface area (Å²) in [6.45, 7) is 53.7.